The van der Waals surface area contributed by atoms with Crippen LogP contribution in [0.15, 0.2) is 12.4 Å². The lowest BCUT2D eigenvalue weighted by atomic mass is 9.89. The molecule has 1 unspecified atom stereocenters. The number of aromatic nitrogens is 2. The Balaban J connectivity index is 1.72. The highest BCUT2D eigenvalue weighted by molar-refractivity contribution is 5.81. The van der Waals surface area contributed by atoms with Crippen LogP contribution in [-0.4, -0.2) is 41.0 Å². The van der Waals surface area contributed by atoms with Crippen molar-refractivity contribution in [1.82, 2.24) is 20.4 Å². The van der Waals surface area contributed by atoms with Crippen molar-refractivity contribution in [3.05, 3.63) is 18.0 Å². The fraction of sp³-hybridized carbons (Fsp3) is 0.750. The van der Waals surface area contributed by atoms with E-state index in [0.717, 1.165) is 18.4 Å². The summed E-state index contributed by atoms with van der Waals surface area (Å²) in [6.07, 6.45) is 1.75. The molecule has 2 aliphatic rings. The summed E-state index contributed by atoms with van der Waals surface area (Å²) in [7, 11) is 1.78. The van der Waals surface area contributed by atoms with Gasteiger partial charge in [0.15, 0.2) is 0 Å². The maximum absolute atomic E-state index is 13.4. The molecule has 1 saturated carbocycles. The monoisotopic (exact) mass is 344 g/mol. The SMILES string of the molecule is Cn1cc([C@H]2CNC[C@@H]2C(=O)NC(C2CCCC2)C(F)(F)F)cn1. The van der Waals surface area contributed by atoms with Crippen LogP contribution in [0.2, 0.25) is 0 Å². The van der Waals surface area contributed by atoms with Gasteiger partial charge in [-0.15, -0.1) is 0 Å². The van der Waals surface area contributed by atoms with E-state index in [9.17, 15) is 18.0 Å². The van der Waals surface area contributed by atoms with E-state index in [0.29, 0.717) is 25.9 Å². The largest absolute Gasteiger partial charge is 0.408 e. The van der Waals surface area contributed by atoms with Crippen molar-refractivity contribution >= 4 is 5.91 Å². The van der Waals surface area contributed by atoms with Gasteiger partial charge in [-0.1, -0.05) is 12.8 Å². The molecule has 2 heterocycles. The van der Waals surface area contributed by atoms with Gasteiger partial charge in [-0.3, -0.25) is 9.48 Å². The van der Waals surface area contributed by atoms with Crippen LogP contribution in [0.25, 0.3) is 0 Å². The smallest absolute Gasteiger partial charge is 0.344 e. The Morgan fingerprint density at radius 1 is 1.38 bits per heavy atom. The van der Waals surface area contributed by atoms with Gasteiger partial charge >= 0.3 is 6.18 Å². The normalized spacial score (nSPS) is 26.7. The van der Waals surface area contributed by atoms with Crippen LogP contribution in [0.1, 0.15) is 37.2 Å². The summed E-state index contributed by atoms with van der Waals surface area (Å²) >= 11 is 0. The first-order chi connectivity index (χ1) is 11.4. The Kier molecular flexibility index (Phi) is 4.85. The number of nitrogens with zero attached hydrogens (tertiary/aromatic N) is 2. The third kappa shape index (κ3) is 3.58. The van der Waals surface area contributed by atoms with E-state index < -0.39 is 30.0 Å². The molecule has 1 aliphatic heterocycles. The highest BCUT2D eigenvalue weighted by Crippen LogP contribution is 2.36. The van der Waals surface area contributed by atoms with E-state index >= 15 is 0 Å². The molecule has 1 aromatic heterocycles. The zero-order chi connectivity index (χ0) is 17.3. The molecule has 0 bridgehead atoms. The standard InChI is InChI=1S/C16H23F3N4O/c1-23-9-11(6-21-23)12-7-20-8-13(12)15(24)22-14(16(17,18)19)10-4-2-3-5-10/h6,9-10,12-14,20H,2-5,7-8H2,1H3,(H,22,24)/t12-,13+,14?/m1/s1. The van der Waals surface area contributed by atoms with E-state index in [2.05, 4.69) is 15.7 Å². The maximum atomic E-state index is 13.4. The van der Waals surface area contributed by atoms with Gasteiger partial charge in [0.1, 0.15) is 6.04 Å². The number of hydrogen-bond acceptors (Lipinski definition) is 3. The summed E-state index contributed by atoms with van der Waals surface area (Å²) in [4.78, 5) is 12.6. The highest BCUT2D eigenvalue weighted by atomic mass is 19.4. The summed E-state index contributed by atoms with van der Waals surface area (Å²) in [6.45, 7) is 0.963. The molecular weight excluding hydrogens is 321 g/mol. The first-order valence-corrected chi connectivity index (χ1v) is 8.42. The number of carbonyl (C=O) groups excluding carboxylic acids is 1. The number of rotatable bonds is 4. The molecule has 3 atom stereocenters. The first kappa shape index (κ1) is 17.3. The molecule has 3 rings (SSSR count). The number of aryl methyl sites for hydroxylation is 1. The predicted octanol–water partition coefficient (Wildman–Crippen LogP) is 1.96. The fourth-order valence-electron chi connectivity index (χ4n) is 3.95. The molecule has 24 heavy (non-hydrogen) atoms. The lowest BCUT2D eigenvalue weighted by Crippen LogP contribution is -2.52. The average molecular weight is 344 g/mol. The summed E-state index contributed by atoms with van der Waals surface area (Å²) < 4.78 is 41.8. The van der Waals surface area contributed by atoms with Gasteiger partial charge in [0.05, 0.1) is 12.1 Å². The minimum Gasteiger partial charge on any atom is -0.344 e. The van der Waals surface area contributed by atoms with Crippen LogP contribution < -0.4 is 10.6 Å². The second-order valence-electron chi connectivity index (χ2n) is 6.89. The predicted molar refractivity (Wildman–Crippen MR) is 82.3 cm³/mol. The molecule has 1 amide bonds. The first-order valence-electron chi connectivity index (χ1n) is 8.42. The van der Waals surface area contributed by atoms with E-state index in [-0.39, 0.29) is 5.92 Å². The Morgan fingerprint density at radius 3 is 2.67 bits per heavy atom. The lowest BCUT2D eigenvalue weighted by molar-refractivity contribution is -0.172. The van der Waals surface area contributed by atoms with Crippen LogP contribution in [0.4, 0.5) is 13.2 Å². The van der Waals surface area contributed by atoms with Crippen molar-refractivity contribution in [3.8, 4) is 0 Å². The minimum absolute atomic E-state index is 0.142. The van der Waals surface area contributed by atoms with E-state index in [1.165, 1.54) is 0 Å². The van der Waals surface area contributed by atoms with Gasteiger partial charge in [-0.05, 0) is 24.3 Å². The van der Waals surface area contributed by atoms with Gasteiger partial charge in [0.25, 0.3) is 0 Å². The van der Waals surface area contributed by atoms with Gasteiger partial charge < -0.3 is 10.6 Å². The number of carbonyl (C=O) groups is 1. The number of alkyl halides is 3. The van der Waals surface area contributed by atoms with E-state index in [1.54, 1.807) is 17.9 Å². The summed E-state index contributed by atoms with van der Waals surface area (Å²) in [5.74, 6) is -1.65. The Bertz CT molecular complexity index is 580. The molecule has 2 fully saturated rings. The quantitative estimate of drug-likeness (QED) is 0.878. The molecule has 0 radical (unpaired) electrons. The van der Waals surface area contributed by atoms with Crippen molar-refractivity contribution in [2.75, 3.05) is 13.1 Å². The van der Waals surface area contributed by atoms with Crippen LogP contribution in [-0.2, 0) is 11.8 Å². The fourth-order valence-corrected chi connectivity index (χ4v) is 3.95. The summed E-state index contributed by atoms with van der Waals surface area (Å²) in [5.41, 5.74) is 0.882. The van der Waals surface area contributed by atoms with Crippen LogP contribution >= 0.6 is 0 Å². The van der Waals surface area contributed by atoms with Gasteiger partial charge in [0, 0.05) is 32.3 Å². The molecule has 134 valence electrons. The average Bonchev–Trinajstić information content (AvgIpc) is 3.23. The number of nitrogens with one attached hydrogen (secondary N) is 2. The van der Waals surface area contributed by atoms with Crippen molar-refractivity contribution in [3.63, 3.8) is 0 Å². The number of hydrogen-bond donors (Lipinski definition) is 2. The summed E-state index contributed by atoms with van der Waals surface area (Å²) in [5, 5.41) is 9.53. The topological polar surface area (TPSA) is 59.0 Å². The third-order valence-electron chi connectivity index (χ3n) is 5.23. The van der Waals surface area contributed by atoms with E-state index in [1.807, 2.05) is 6.20 Å². The summed E-state index contributed by atoms with van der Waals surface area (Å²) in [6, 6.07) is -1.73. The second kappa shape index (κ2) is 6.74. The van der Waals surface area contributed by atoms with E-state index in [4.69, 9.17) is 0 Å². The Morgan fingerprint density at radius 2 is 2.08 bits per heavy atom. The lowest BCUT2D eigenvalue weighted by Gasteiger charge is -2.29. The molecule has 0 aromatic carbocycles. The zero-order valence-electron chi connectivity index (χ0n) is 13.6. The number of halogens is 3. The molecule has 2 N–H and O–H groups in total. The Labute approximate surface area is 139 Å². The van der Waals surface area contributed by atoms with Crippen molar-refractivity contribution in [1.29, 1.82) is 0 Å². The van der Waals surface area contributed by atoms with Gasteiger partial charge in [0.2, 0.25) is 5.91 Å². The molecule has 1 aliphatic carbocycles. The molecule has 1 saturated heterocycles. The van der Waals surface area contributed by atoms with Crippen LogP contribution in [0, 0.1) is 11.8 Å². The molecule has 1 aromatic rings. The molecule has 5 nitrogen and oxygen atoms in total. The highest BCUT2D eigenvalue weighted by Gasteiger charge is 2.47. The molecule has 8 heteroatoms. The maximum Gasteiger partial charge on any atom is 0.408 e. The van der Waals surface area contributed by atoms with Crippen molar-refractivity contribution in [2.24, 2.45) is 18.9 Å². The molecule has 0 spiro atoms. The third-order valence-corrected chi connectivity index (χ3v) is 5.23. The van der Waals surface area contributed by atoms with Crippen LogP contribution in [0.3, 0.4) is 0 Å². The number of amides is 1. The van der Waals surface area contributed by atoms with Crippen LogP contribution in [0.5, 0.6) is 0 Å². The van der Waals surface area contributed by atoms with Crippen molar-refractivity contribution < 1.29 is 18.0 Å². The Hall–Kier alpha value is -1.57. The zero-order valence-corrected chi connectivity index (χ0v) is 13.6. The second-order valence-corrected chi connectivity index (χ2v) is 6.89. The van der Waals surface area contributed by atoms with Gasteiger partial charge in [-0.25, -0.2) is 0 Å². The van der Waals surface area contributed by atoms with Gasteiger partial charge in [-0.2, -0.15) is 18.3 Å². The van der Waals surface area contributed by atoms with Crippen molar-refractivity contribution in [2.45, 2.75) is 43.8 Å². The minimum atomic E-state index is -4.40. The molecular formula is C16H23F3N4O.